The van der Waals surface area contributed by atoms with Crippen LogP contribution >= 0.6 is 0 Å². The number of ketones is 1. The Balaban J connectivity index is 1.51. The van der Waals surface area contributed by atoms with E-state index in [1.165, 1.54) is 23.8 Å². The molecule has 0 aromatic heterocycles. The van der Waals surface area contributed by atoms with Crippen molar-refractivity contribution < 1.29 is 23.0 Å². The molecule has 0 saturated heterocycles. The summed E-state index contributed by atoms with van der Waals surface area (Å²) in [5, 5.41) is 0. The first-order valence-corrected chi connectivity index (χ1v) is 9.66. The Morgan fingerprint density at radius 2 is 1.70 bits per heavy atom. The summed E-state index contributed by atoms with van der Waals surface area (Å²) < 4.78 is 38.7. The van der Waals surface area contributed by atoms with Gasteiger partial charge in [0, 0.05) is 6.07 Å². The molecule has 0 spiro atoms. The number of Topliss-reactive ketones (excluding diaryl/α,β-unsaturated/α-hetero) is 1. The van der Waals surface area contributed by atoms with Gasteiger partial charge in [-0.3, -0.25) is 4.79 Å². The number of carbonyl (C=O) groups excluding carboxylic acids is 1. The number of hydrogen-bond acceptors (Lipinski definition) is 3. The summed E-state index contributed by atoms with van der Waals surface area (Å²) in [6, 6.07) is 16.3. The topological polar surface area (TPSA) is 35.5 Å². The number of ether oxygens (including phenoxy) is 2. The fraction of sp³-hybridized carbons (Fsp3) is 0.160. The van der Waals surface area contributed by atoms with Crippen LogP contribution in [0.15, 0.2) is 66.4 Å². The molecule has 0 unspecified atom stereocenters. The zero-order chi connectivity index (χ0) is 21.3. The number of benzene rings is 3. The molecule has 3 aromatic carbocycles. The van der Waals surface area contributed by atoms with E-state index in [9.17, 15) is 13.6 Å². The molecule has 0 N–H and O–H groups in total. The summed E-state index contributed by atoms with van der Waals surface area (Å²) in [7, 11) is 0. The number of hydrogen-bond donors (Lipinski definition) is 0. The van der Waals surface area contributed by atoms with Gasteiger partial charge in [-0.1, -0.05) is 44.2 Å². The van der Waals surface area contributed by atoms with Gasteiger partial charge in [0.05, 0.1) is 11.1 Å². The van der Waals surface area contributed by atoms with Crippen molar-refractivity contribution in [1.82, 2.24) is 0 Å². The first kappa shape index (κ1) is 19.8. The lowest BCUT2D eigenvalue weighted by molar-refractivity contribution is 0.101. The molecule has 30 heavy (non-hydrogen) atoms. The number of rotatable bonds is 5. The first-order chi connectivity index (χ1) is 14.4. The second-order valence-electron chi connectivity index (χ2n) is 7.41. The van der Waals surface area contributed by atoms with E-state index in [1.807, 2.05) is 24.3 Å². The quantitative estimate of drug-likeness (QED) is 0.468. The normalized spacial score (nSPS) is 14.2. The van der Waals surface area contributed by atoms with Crippen LogP contribution in [0.2, 0.25) is 0 Å². The Morgan fingerprint density at radius 3 is 2.37 bits per heavy atom. The van der Waals surface area contributed by atoms with Gasteiger partial charge in [0.25, 0.3) is 0 Å². The van der Waals surface area contributed by atoms with Crippen LogP contribution in [-0.2, 0) is 6.61 Å². The first-order valence-electron chi connectivity index (χ1n) is 9.66. The molecule has 0 atom stereocenters. The second-order valence-corrected chi connectivity index (χ2v) is 7.41. The largest absolute Gasteiger partial charge is 0.489 e. The zero-order valence-corrected chi connectivity index (χ0v) is 16.6. The molecule has 3 nitrogen and oxygen atoms in total. The molecule has 0 aliphatic carbocycles. The third kappa shape index (κ3) is 3.96. The van der Waals surface area contributed by atoms with E-state index < -0.39 is 11.6 Å². The maximum absolute atomic E-state index is 13.8. The lowest BCUT2D eigenvalue weighted by atomic mass is 10.0. The Bertz CT molecular complexity index is 1110. The minimum atomic E-state index is -0.670. The molecule has 0 saturated carbocycles. The maximum atomic E-state index is 13.8. The number of allylic oxidation sites excluding steroid dienone is 1. The van der Waals surface area contributed by atoms with Crippen LogP contribution in [0.1, 0.15) is 46.8 Å². The summed E-state index contributed by atoms with van der Waals surface area (Å²) in [6.45, 7) is 3.97. The number of fused-ring (bicyclic) bond motifs is 1. The molecular weight excluding hydrogens is 386 g/mol. The van der Waals surface area contributed by atoms with Crippen molar-refractivity contribution in [2.24, 2.45) is 0 Å². The minimum Gasteiger partial charge on any atom is -0.489 e. The standard InChI is InChI=1S/C25H20F2O3/c1-15(2)17-8-6-16(7-9-17)12-24-25(28)19-11-10-18(13-23(19)30-24)29-14-20-21(26)4-3-5-22(20)27/h3-13,15H,14H2,1-2H3/b24-12-. The van der Waals surface area contributed by atoms with E-state index in [4.69, 9.17) is 9.47 Å². The van der Waals surface area contributed by atoms with Crippen LogP contribution in [-0.4, -0.2) is 5.78 Å². The van der Waals surface area contributed by atoms with E-state index in [0.717, 1.165) is 5.56 Å². The van der Waals surface area contributed by atoms with Crippen molar-refractivity contribution in [3.8, 4) is 11.5 Å². The van der Waals surface area contributed by atoms with Gasteiger partial charge in [-0.05, 0) is 47.4 Å². The lowest BCUT2D eigenvalue weighted by Gasteiger charge is -2.09. The van der Waals surface area contributed by atoms with Crippen molar-refractivity contribution in [3.05, 3.63) is 100 Å². The van der Waals surface area contributed by atoms with E-state index in [1.54, 1.807) is 24.3 Å². The molecule has 0 bridgehead atoms. The molecule has 1 aliphatic rings. The van der Waals surface area contributed by atoms with E-state index in [0.29, 0.717) is 23.0 Å². The number of carbonyl (C=O) groups is 1. The Hall–Kier alpha value is -3.47. The van der Waals surface area contributed by atoms with Gasteiger partial charge in [-0.15, -0.1) is 0 Å². The van der Waals surface area contributed by atoms with E-state index in [2.05, 4.69) is 13.8 Å². The average Bonchev–Trinajstić information content (AvgIpc) is 3.03. The Kier molecular flexibility index (Phi) is 5.36. The number of halogens is 2. The lowest BCUT2D eigenvalue weighted by Crippen LogP contribution is -2.01. The summed E-state index contributed by atoms with van der Waals surface area (Å²) in [4.78, 5) is 12.6. The average molecular weight is 406 g/mol. The third-order valence-corrected chi connectivity index (χ3v) is 4.99. The Morgan fingerprint density at radius 1 is 1.00 bits per heavy atom. The van der Waals surface area contributed by atoms with Gasteiger partial charge in [0.1, 0.15) is 29.7 Å². The van der Waals surface area contributed by atoms with Crippen LogP contribution < -0.4 is 9.47 Å². The SMILES string of the molecule is CC(C)c1ccc(/C=C2\Oc3cc(OCc4c(F)cccc4F)ccc3C2=O)cc1. The van der Waals surface area contributed by atoms with Crippen LogP contribution in [0.25, 0.3) is 6.08 Å². The van der Waals surface area contributed by atoms with Crippen LogP contribution in [0.5, 0.6) is 11.5 Å². The van der Waals surface area contributed by atoms with Gasteiger partial charge in [0.15, 0.2) is 5.76 Å². The smallest absolute Gasteiger partial charge is 0.231 e. The Labute approximate surface area is 173 Å². The van der Waals surface area contributed by atoms with Gasteiger partial charge in [-0.25, -0.2) is 8.78 Å². The molecule has 0 radical (unpaired) electrons. The highest BCUT2D eigenvalue weighted by Gasteiger charge is 2.27. The van der Waals surface area contributed by atoms with Crippen LogP contribution in [0.4, 0.5) is 8.78 Å². The highest BCUT2D eigenvalue weighted by molar-refractivity contribution is 6.14. The summed E-state index contributed by atoms with van der Waals surface area (Å²) in [5.41, 5.74) is 2.35. The van der Waals surface area contributed by atoms with Crippen LogP contribution in [0.3, 0.4) is 0 Å². The zero-order valence-electron chi connectivity index (χ0n) is 16.6. The molecule has 5 heteroatoms. The summed E-state index contributed by atoms with van der Waals surface area (Å²) in [5.74, 6) is -0.198. The van der Waals surface area contributed by atoms with Gasteiger partial charge < -0.3 is 9.47 Å². The second kappa shape index (κ2) is 8.11. The molecule has 4 rings (SSSR count). The molecule has 3 aromatic rings. The molecule has 1 heterocycles. The monoisotopic (exact) mass is 406 g/mol. The van der Waals surface area contributed by atoms with Gasteiger partial charge >= 0.3 is 0 Å². The van der Waals surface area contributed by atoms with E-state index >= 15 is 0 Å². The fourth-order valence-electron chi connectivity index (χ4n) is 3.21. The molecule has 0 fully saturated rings. The third-order valence-electron chi connectivity index (χ3n) is 4.99. The highest BCUT2D eigenvalue weighted by Crippen LogP contribution is 2.35. The molecule has 152 valence electrons. The molecule has 0 amide bonds. The minimum absolute atomic E-state index is 0.152. The predicted octanol–water partition coefficient (Wildman–Crippen LogP) is 6.28. The maximum Gasteiger partial charge on any atom is 0.231 e. The summed E-state index contributed by atoms with van der Waals surface area (Å²) >= 11 is 0. The predicted molar refractivity (Wildman–Crippen MR) is 111 cm³/mol. The van der Waals surface area contributed by atoms with Crippen molar-refractivity contribution in [2.45, 2.75) is 26.4 Å². The van der Waals surface area contributed by atoms with E-state index in [-0.39, 0.29) is 23.7 Å². The van der Waals surface area contributed by atoms with Gasteiger partial charge in [0.2, 0.25) is 5.78 Å². The van der Waals surface area contributed by atoms with Crippen molar-refractivity contribution in [2.75, 3.05) is 0 Å². The fourth-order valence-corrected chi connectivity index (χ4v) is 3.21. The van der Waals surface area contributed by atoms with Crippen molar-refractivity contribution in [3.63, 3.8) is 0 Å². The molecular formula is C25H20F2O3. The molecule has 1 aliphatic heterocycles. The van der Waals surface area contributed by atoms with Gasteiger partial charge in [-0.2, -0.15) is 0 Å². The van der Waals surface area contributed by atoms with Crippen LogP contribution in [0, 0.1) is 11.6 Å². The highest BCUT2D eigenvalue weighted by atomic mass is 19.1. The van der Waals surface area contributed by atoms with Crippen molar-refractivity contribution in [1.29, 1.82) is 0 Å². The summed E-state index contributed by atoms with van der Waals surface area (Å²) in [6.07, 6.45) is 1.70. The van der Waals surface area contributed by atoms with Crippen molar-refractivity contribution >= 4 is 11.9 Å².